The van der Waals surface area contributed by atoms with E-state index in [4.69, 9.17) is 16.3 Å². The molecule has 1 aliphatic rings. The van der Waals surface area contributed by atoms with E-state index in [0.29, 0.717) is 23.0 Å². The van der Waals surface area contributed by atoms with Crippen LogP contribution in [0.5, 0.6) is 11.5 Å². The highest BCUT2D eigenvalue weighted by atomic mass is 35.5. The van der Waals surface area contributed by atoms with Crippen molar-refractivity contribution in [1.82, 2.24) is 5.01 Å². The summed E-state index contributed by atoms with van der Waals surface area (Å²) in [7, 11) is 0. The van der Waals surface area contributed by atoms with Gasteiger partial charge in [0.15, 0.2) is 0 Å². The SMILES string of the molecule is O=C(Nc1ccc(Oc2ccccc2)cc1)N1CC(c2ccc(F)cc2)C(c2ccc(Cl)cc2)=N1. The fourth-order valence-electron chi connectivity index (χ4n) is 3.89. The minimum absolute atomic E-state index is 0.204. The van der Waals surface area contributed by atoms with E-state index in [1.807, 2.05) is 42.5 Å². The topological polar surface area (TPSA) is 53.9 Å². The van der Waals surface area contributed by atoms with E-state index in [-0.39, 0.29) is 17.8 Å². The van der Waals surface area contributed by atoms with E-state index in [2.05, 4.69) is 10.4 Å². The quantitative estimate of drug-likeness (QED) is 0.322. The molecule has 0 radical (unpaired) electrons. The molecule has 7 heteroatoms. The Morgan fingerprint density at radius 2 is 1.54 bits per heavy atom. The number of urea groups is 1. The largest absolute Gasteiger partial charge is 0.457 e. The summed E-state index contributed by atoms with van der Waals surface area (Å²) in [6.45, 7) is 0.324. The van der Waals surface area contributed by atoms with Crippen molar-refractivity contribution in [2.75, 3.05) is 11.9 Å². The number of amides is 2. The van der Waals surface area contributed by atoms with Gasteiger partial charge in [-0.3, -0.25) is 0 Å². The Morgan fingerprint density at radius 3 is 2.23 bits per heavy atom. The molecule has 0 spiro atoms. The summed E-state index contributed by atoms with van der Waals surface area (Å²) in [5.41, 5.74) is 3.05. The molecule has 0 saturated heterocycles. The molecule has 0 aliphatic carbocycles. The van der Waals surface area contributed by atoms with Crippen LogP contribution in [0.15, 0.2) is 108 Å². The summed E-state index contributed by atoms with van der Waals surface area (Å²) >= 11 is 6.05. The number of anilines is 1. The van der Waals surface area contributed by atoms with Gasteiger partial charge < -0.3 is 10.1 Å². The van der Waals surface area contributed by atoms with Gasteiger partial charge in [0.1, 0.15) is 17.3 Å². The third-order valence-corrected chi connectivity index (χ3v) is 5.90. The van der Waals surface area contributed by atoms with Crippen LogP contribution in [0.2, 0.25) is 5.02 Å². The molecule has 4 aromatic rings. The number of hydrazone groups is 1. The monoisotopic (exact) mass is 485 g/mol. The van der Waals surface area contributed by atoms with Crippen LogP contribution in [0.4, 0.5) is 14.9 Å². The summed E-state index contributed by atoms with van der Waals surface area (Å²) < 4.78 is 19.3. The van der Waals surface area contributed by atoms with Crippen molar-refractivity contribution in [3.05, 3.63) is 125 Å². The predicted octanol–water partition coefficient (Wildman–Crippen LogP) is 7.31. The molecule has 0 saturated carbocycles. The average Bonchev–Trinajstić information content (AvgIpc) is 3.32. The Labute approximate surface area is 207 Å². The van der Waals surface area contributed by atoms with E-state index in [0.717, 1.165) is 22.6 Å². The number of ether oxygens (including phenoxy) is 1. The Balaban J connectivity index is 1.33. The first kappa shape index (κ1) is 22.6. The molecule has 2 amide bonds. The van der Waals surface area contributed by atoms with E-state index in [1.54, 1.807) is 48.5 Å². The van der Waals surface area contributed by atoms with Crippen LogP contribution in [0, 0.1) is 5.82 Å². The second kappa shape index (κ2) is 9.99. The summed E-state index contributed by atoms with van der Waals surface area (Å²) in [6, 6.07) is 29.8. The Hall–Kier alpha value is -4.16. The summed E-state index contributed by atoms with van der Waals surface area (Å²) in [6.07, 6.45) is 0. The first-order valence-corrected chi connectivity index (χ1v) is 11.4. The first-order chi connectivity index (χ1) is 17.0. The van der Waals surface area contributed by atoms with Gasteiger partial charge in [0.2, 0.25) is 0 Å². The lowest BCUT2D eigenvalue weighted by Gasteiger charge is -2.16. The van der Waals surface area contributed by atoms with Crippen molar-refractivity contribution in [2.24, 2.45) is 5.10 Å². The van der Waals surface area contributed by atoms with Gasteiger partial charge in [-0.2, -0.15) is 5.10 Å². The highest BCUT2D eigenvalue weighted by Gasteiger charge is 2.32. The van der Waals surface area contributed by atoms with Gasteiger partial charge in [0.25, 0.3) is 0 Å². The van der Waals surface area contributed by atoms with Crippen LogP contribution in [0.3, 0.4) is 0 Å². The number of halogens is 2. The molecule has 0 aromatic heterocycles. The number of hydrogen-bond acceptors (Lipinski definition) is 3. The van der Waals surface area contributed by atoms with Crippen molar-refractivity contribution >= 4 is 29.0 Å². The van der Waals surface area contributed by atoms with Gasteiger partial charge in [-0.1, -0.05) is 54.1 Å². The maximum atomic E-state index is 13.5. The minimum Gasteiger partial charge on any atom is -0.457 e. The third kappa shape index (κ3) is 5.34. The summed E-state index contributed by atoms with van der Waals surface area (Å²) in [5.74, 6) is 0.877. The maximum Gasteiger partial charge on any atom is 0.342 e. The van der Waals surface area contributed by atoms with Crippen LogP contribution < -0.4 is 10.1 Å². The molecular formula is C28H21ClFN3O2. The number of nitrogens with one attached hydrogen (secondary N) is 1. The predicted molar refractivity (Wildman–Crippen MR) is 136 cm³/mol. The summed E-state index contributed by atoms with van der Waals surface area (Å²) in [4.78, 5) is 13.0. The lowest BCUT2D eigenvalue weighted by atomic mass is 9.90. The van der Waals surface area contributed by atoms with Crippen molar-refractivity contribution < 1.29 is 13.9 Å². The highest BCUT2D eigenvalue weighted by Crippen LogP contribution is 2.30. The Morgan fingerprint density at radius 1 is 0.886 bits per heavy atom. The number of hydrogen-bond donors (Lipinski definition) is 1. The molecule has 1 heterocycles. The molecule has 0 fully saturated rings. The van der Waals surface area contributed by atoms with Crippen LogP contribution in [-0.2, 0) is 0 Å². The fraction of sp³-hybridized carbons (Fsp3) is 0.0714. The van der Waals surface area contributed by atoms with Gasteiger partial charge >= 0.3 is 6.03 Å². The lowest BCUT2D eigenvalue weighted by Crippen LogP contribution is -2.30. The smallest absolute Gasteiger partial charge is 0.342 e. The normalized spacial score (nSPS) is 15.0. The number of nitrogens with zero attached hydrogens (tertiary/aromatic N) is 2. The number of para-hydroxylation sites is 1. The molecule has 5 nitrogen and oxygen atoms in total. The molecule has 1 aliphatic heterocycles. The highest BCUT2D eigenvalue weighted by molar-refractivity contribution is 6.30. The lowest BCUT2D eigenvalue weighted by molar-refractivity contribution is 0.218. The molecule has 1 unspecified atom stereocenters. The molecule has 35 heavy (non-hydrogen) atoms. The molecule has 5 rings (SSSR count). The zero-order valence-corrected chi connectivity index (χ0v) is 19.3. The maximum absolute atomic E-state index is 13.5. The molecule has 174 valence electrons. The number of benzene rings is 4. The van der Waals surface area contributed by atoms with E-state index in [9.17, 15) is 9.18 Å². The zero-order valence-electron chi connectivity index (χ0n) is 18.6. The van der Waals surface area contributed by atoms with Crippen LogP contribution >= 0.6 is 11.6 Å². The fourth-order valence-corrected chi connectivity index (χ4v) is 4.01. The Kier molecular flexibility index (Phi) is 6.46. The molecule has 4 aromatic carbocycles. The molecule has 0 bridgehead atoms. The van der Waals surface area contributed by atoms with Crippen LogP contribution in [0.1, 0.15) is 17.0 Å². The molecule has 1 N–H and O–H groups in total. The zero-order chi connectivity index (χ0) is 24.2. The third-order valence-electron chi connectivity index (χ3n) is 5.65. The van der Waals surface area contributed by atoms with Gasteiger partial charge in [-0.05, 0) is 71.8 Å². The number of carbonyl (C=O) groups excluding carboxylic acids is 1. The Bertz CT molecular complexity index is 1340. The second-order valence-corrected chi connectivity index (χ2v) is 8.48. The van der Waals surface area contributed by atoms with Gasteiger partial charge in [-0.15, -0.1) is 0 Å². The van der Waals surface area contributed by atoms with E-state index >= 15 is 0 Å². The van der Waals surface area contributed by atoms with E-state index in [1.165, 1.54) is 17.1 Å². The van der Waals surface area contributed by atoms with Gasteiger partial charge in [0.05, 0.1) is 12.3 Å². The van der Waals surface area contributed by atoms with Crippen molar-refractivity contribution in [3.63, 3.8) is 0 Å². The van der Waals surface area contributed by atoms with Crippen molar-refractivity contribution in [1.29, 1.82) is 0 Å². The van der Waals surface area contributed by atoms with E-state index < -0.39 is 0 Å². The minimum atomic E-state index is -0.363. The van der Waals surface area contributed by atoms with Crippen molar-refractivity contribution in [3.8, 4) is 11.5 Å². The van der Waals surface area contributed by atoms with Crippen molar-refractivity contribution in [2.45, 2.75) is 5.92 Å². The first-order valence-electron chi connectivity index (χ1n) is 11.1. The second-order valence-electron chi connectivity index (χ2n) is 8.05. The number of rotatable bonds is 5. The molecular weight excluding hydrogens is 465 g/mol. The molecule has 1 atom stereocenters. The standard InChI is InChI=1S/C28H21ClFN3O2/c29-21-10-6-20(7-11-21)27-26(19-8-12-22(30)13-9-19)18-33(32-27)28(34)31-23-14-16-25(17-15-23)35-24-4-2-1-3-5-24/h1-17,26H,18H2,(H,31,34). The number of carbonyl (C=O) groups is 1. The van der Waals surface area contributed by atoms with Gasteiger partial charge in [-0.25, -0.2) is 14.2 Å². The summed E-state index contributed by atoms with van der Waals surface area (Å²) in [5, 5.41) is 9.50. The van der Waals surface area contributed by atoms with Crippen LogP contribution in [0.25, 0.3) is 0 Å². The van der Waals surface area contributed by atoms with Gasteiger partial charge in [0, 0.05) is 16.6 Å². The average molecular weight is 486 g/mol. The van der Waals surface area contributed by atoms with Crippen LogP contribution in [-0.4, -0.2) is 23.3 Å².